The lowest BCUT2D eigenvalue weighted by molar-refractivity contribution is 0.102. The highest BCUT2D eigenvalue weighted by molar-refractivity contribution is 6.34. The minimum Gasteiger partial charge on any atom is -0.328 e. The van der Waals surface area contributed by atoms with E-state index in [-0.39, 0.29) is 5.78 Å². The van der Waals surface area contributed by atoms with Crippen molar-refractivity contribution in [3.05, 3.63) is 53.1 Å². The van der Waals surface area contributed by atoms with Crippen molar-refractivity contribution in [2.75, 3.05) is 0 Å². The number of aromatic nitrogens is 2. The average Bonchev–Trinajstić information content (AvgIpc) is 2.78. The van der Waals surface area contributed by atoms with Gasteiger partial charge in [-0.3, -0.25) is 4.79 Å². The molecule has 2 aromatic rings. The third kappa shape index (κ3) is 2.39. The predicted molar refractivity (Wildman–Crippen MR) is 67.4 cm³/mol. The maximum Gasteiger partial charge on any atom is 0.229 e. The Hall–Kier alpha value is -1.61. The summed E-state index contributed by atoms with van der Waals surface area (Å²) in [6.45, 7) is 2.84. The van der Waals surface area contributed by atoms with E-state index in [1.165, 1.54) is 0 Å². The molecule has 0 fully saturated rings. The first-order chi connectivity index (χ1) is 8.24. The summed E-state index contributed by atoms with van der Waals surface area (Å²) in [7, 11) is 0. The van der Waals surface area contributed by atoms with Gasteiger partial charge in [0.05, 0.1) is 5.02 Å². The monoisotopic (exact) mass is 248 g/mol. The summed E-state index contributed by atoms with van der Waals surface area (Å²) in [5, 5.41) is 0.462. The van der Waals surface area contributed by atoms with Crippen molar-refractivity contribution in [1.82, 2.24) is 9.55 Å². The molecular weight excluding hydrogens is 236 g/mol. The van der Waals surface area contributed by atoms with Gasteiger partial charge < -0.3 is 4.57 Å². The van der Waals surface area contributed by atoms with Gasteiger partial charge in [-0.25, -0.2) is 4.98 Å². The normalized spacial score (nSPS) is 10.5. The molecular formula is C13H13ClN2O. The molecule has 0 spiro atoms. The van der Waals surface area contributed by atoms with Gasteiger partial charge in [-0.15, -0.1) is 0 Å². The standard InChI is InChI=1S/C13H13ClN2O/c1-2-8-16-9-7-15-13(16)12(17)10-5-3-4-6-11(10)14/h3-7,9H,2,8H2,1H3. The van der Waals surface area contributed by atoms with E-state index in [2.05, 4.69) is 11.9 Å². The Morgan fingerprint density at radius 3 is 2.88 bits per heavy atom. The molecule has 0 atom stereocenters. The lowest BCUT2D eigenvalue weighted by atomic mass is 10.1. The van der Waals surface area contributed by atoms with Crippen LogP contribution in [0.2, 0.25) is 5.02 Å². The van der Waals surface area contributed by atoms with Crippen LogP contribution in [-0.2, 0) is 6.54 Å². The molecule has 4 heteroatoms. The number of hydrogen-bond donors (Lipinski definition) is 0. The number of hydrogen-bond acceptors (Lipinski definition) is 2. The zero-order valence-corrected chi connectivity index (χ0v) is 10.3. The minimum absolute atomic E-state index is 0.131. The topological polar surface area (TPSA) is 34.9 Å². The van der Waals surface area contributed by atoms with Crippen LogP contribution in [0.3, 0.4) is 0 Å². The summed E-state index contributed by atoms with van der Waals surface area (Å²) in [4.78, 5) is 16.4. The van der Waals surface area contributed by atoms with Crippen molar-refractivity contribution in [2.24, 2.45) is 0 Å². The van der Waals surface area contributed by atoms with Crippen LogP contribution in [0.15, 0.2) is 36.7 Å². The van der Waals surface area contributed by atoms with E-state index in [1.54, 1.807) is 30.5 Å². The summed E-state index contributed by atoms with van der Waals surface area (Å²) in [5.74, 6) is 0.314. The summed E-state index contributed by atoms with van der Waals surface area (Å²) in [5.41, 5.74) is 0.498. The Morgan fingerprint density at radius 1 is 1.41 bits per heavy atom. The quantitative estimate of drug-likeness (QED) is 0.779. The third-order valence-electron chi connectivity index (χ3n) is 2.50. The molecule has 88 valence electrons. The Labute approximate surface area is 105 Å². The lowest BCUT2D eigenvalue weighted by Gasteiger charge is -2.06. The molecule has 0 aliphatic rings. The van der Waals surface area contributed by atoms with Crippen LogP contribution in [0, 0.1) is 0 Å². The van der Waals surface area contributed by atoms with Crippen molar-refractivity contribution >= 4 is 17.4 Å². The molecule has 2 rings (SSSR count). The van der Waals surface area contributed by atoms with Crippen LogP contribution in [0.1, 0.15) is 29.5 Å². The second kappa shape index (κ2) is 5.15. The Bertz CT molecular complexity index is 534. The smallest absolute Gasteiger partial charge is 0.229 e. The number of benzene rings is 1. The van der Waals surface area contributed by atoms with E-state index in [1.807, 2.05) is 10.8 Å². The highest BCUT2D eigenvalue weighted by atomic mass is 35.5. The van der Waals surface area contributed by atoms with Gasteiger partial charge in [0.1, 0.15) is 0 Å². The number of ketones is 1. The first-order valence-corrected chi connectivity index (χ1v) is 5.92. The molecule has 17 heavy (non-hydrogen) atoms. The van der Waals surface area contributed by atoms with Gasteiger partial charge in [0.15, 0.2) is 5.82 Å². The third-order valence-corrected chi connectivity index (χ3v) is 2.83. The fourth-order valence-corrected chi connectivity index (χ4v) is 1.93. The van der Waals surface area contributed by atoms with Crippen LogP contribution in [0.25, 0.3) is 0 Å². The SMILES string of the molecule is CCCn1ccnc1C(=O)c1ccccc1Cl. The van der Waals surface area contributed by atoms with Crippen molar-refractivity contribution in [1.29, 1.82) is 0 Å². The summed E-state index contributed by atoms with van der Waals surface area (Å²) >= 11 is 6.01. The van der Waals surface area contributed by atoms with Crippen LogP contribution >= 0.6 is 11.6 Å². The molecule has 0 amide bonds. The number of halogens is 1. The van der Waals surface area contributed by atoms with Crippen molar-refractivity contribution < 1.29 is 4.79 Å². The molecule has 0 aliphatic heterocycles. The number of carbonyl (C=O) groups excluding carboxylic acids is 1. The van der Waals surface area contributed by atoms with E-state index < -0.39 is 0 Å². The van der Waals surface area contributed by atoms with E-state index >= 15 is 0 Å². The van der Waals surface area contributed by atoms with Gasteiger partial charge in [0.2, 0.25) is 5.78 Å². The summed E-state index contributed by atoms with van der Waals surface area (Å²) in [6, 6.07) is 7.03. The van der Waals surface area contributed by atoms with Crippen LogP contribution in [-0.4, -0.2) is 15.3 Å². The second-order valence-corrected chi connectivity index (χ2v) is 4.16. The van der Waals surface area contributed by atoms with Crippen molar-refractivity contribution in [3.8, 4) is 0 Å². The Balaban J connectivity index is 2.37. The fraction of sp³-hybridized carbons (Fsp3) is 0.231. The predicted octanol–water partition coefficient (Wildman–Crippen LogP) is 3.18. The maximum atomic E-state index is 12.3. The first kappa shape index (κ1) is 11.9. The number of imidazole rings is 1. The van der Waals surface area contributed by atoms with Crippen molar-refractivity contribution in [2.45, 2.75) is 19.9 Å². The average molecular weight is 249 g/mol. The van der Waals surface area contributed by atoms with Crippen molar-refractivity contribution in [3.63, 3.8) is 0 Å². The first-order valence-electron chi connectivity index (χ1n) is 5.54. The molecule has 1 heterocycles. The van der Waals surface area contributed by atoms with E-state index in [4.69, 9.17) is 11.6 Å². The molecule has 0 saturated heterocycles. The lowest BCUT2D eigenvalue weighted by Crippen LogP contribution is -2.11. The maximum absolute atomic E-state index is 12.3. The second-order valence-electron chi connectivity index (χ2n) is 3.75. The van der Waals surface area contributed by atoms with Gasteiger partial charge in [0, 0.05) is 24.5 Å². The molecule has 0 saturated carbocycles. The fourth-order valence-electron chi connectivity index (χ4n) is 1.71. The van der Waals surface area contributed by atoms with E-state index in [9.17, 15) is 4.79 Å². The van der Waals surface area contributed by atoms with Gasteiger partial charge in [0.25, 0.3) is 0 Å². The molecule has 1 aromatic carbocycles. The van der Waals surface area contributed by atoms with E-state index in [0.29, 0.717) is 16.4 Å². The van der Waals surface area contributed by atoms with E-state index in [0.717, 1.165) is 13.0 Å². The largest absolute Gasteiger partial charge is 0.328 e. The molecule has 0 radical (unpaired) electrons. The van der Waals surface area contributed by atoms with Gasteiger partial charge in [-0.2, -0.15) is 0 Å². The highest BCUT2D eigenvalue weighted by Crippen LogP contribution is 2.18. The van der Waals surface area contributed by atoms with Crippen LogP contribution in [0.4, 0.5) is 0 Å². The number of rotatable bonds is 4. The van der Waals surface area contributed by atoms with Gasteiger partial charge in [-0.1, -0.05) is 30.7 Å². The minimum atomic E-state index is -0.131. The molecule has 0 aliphatic carbocycles. The number of nitrogens with zero attached hydrogens (tertiary/aromatic N) is 2. The molecule has 0 unspecified atom stereocenters. The molecule has 1 aromatic heterocycles. The van der Waals surface area contributed by atoms with Gasteiger partial charge >= 0.3 is 0 Å². The molecule has 0 N–H and O–H groups in total. The Morgan fingerprint density at radius 2 is 2.18 bits per heavy atom. The zero-order valence-electron chi connectivity index (χ0n) is 9.56. The summed E-state index contributed by atoms with van der Waals surface area (Å²) in [6.07, 6.45) is 4.41. The molecule has 3 nitrogen and oxygen atoms in total. The Kier molecular flexibility index (Phi) is 3.59. The van der Waals surface area contributed by atoms with Gasteiger partial charge in [-0.05, 0) is 18.6 Å². The number of carbonyl (C=O) groups is 1. The highest BCUT2D eigenvalue weighted by Gasteiger charge is 2.16. The summed E-state index contributed by atoms with van der Waals surface area (Å²) < 4.78 is 1.85. The van der Waals surface area contributed by atoms with Crippen LogP contribution < -0.4 is 0 Å². The zero-order chi connectivity index (χ0) is 12.3. The molecule has 0 bridgehead atoms. The number of aryl methyl sites for hydroxylation is 1. The van der Waals surface area contributed by atoms with Crippen LogP contribution in [0.5, 0.6) is 0 Å².